The van der Waals surface area contributed by atoms with Crippen molar-refractivity contribution in [1.29, 1.82) is 0 Å². The predicted molar refractivity (Wildman–Crippen MR) is 108 cm³/mol. The molecule has 0 radical (unpaired) electrons. The SMILES string of the molecule is O=C(CCn1ccn2nc(-c3ccc(F)cc3)cc2c1=O)NCc1ccc(F)cc1F. The van der Waals surface area contributed by atoms with Gasteiger partial charge in [-0.25, -0.2) is 17.7 Å². The van der Waals surface area contributed by atoms with E-state index < -0.39 is 11.6 Å². The van der Waals surface area contributed by atoms with Gasteiger partial charge in [0.2, 0.25) is 5.91 Å². The molecule has 2 aromatic heterocycles. The van der Waals surface area contributed by atoms with Crippen LogP contribution in [0.5, 0.6) is 0 Å². The molecule has 31 heavy (non-hydrogen) atoms. The number of amides is 1. The van der Waals surface area contributed by atoms with Gasteiger partial charge in [0.1, 0.15) is 23.0 Å². The van der Waals surface area contributed by atoms with Gasteiger partial charge in [0.25, 0.3) is 5.56 Å². The first kappa shape index (κ1) is 20.4. The number of fused-ring (bicyclic) bond motifs is 1. The summed E-state index contributed by atoms with van der Waals surface area (Å²) in [6.07, 6.45) is 3.11. The maximum atomic E-state index is 13.6. The number of halogens is 3. The summed E-state index contributed by atoms with van der Waals surface area (Å²) in [5.74, 6) is -2.17. The molecule has 0 fully saturated rings. The monoisotopic (exact) mass is 426 g/mol. The number of rotatable bonds is 6. The average Bonchev–Trinajstić information content (AvgIpc) is 3.18. The lowest BCUT2D eigenvalue weighted by Crippen LogP contribution is -2.27. The Morgan fingerprint density at radius 3 is 2.45 bits per heavy atom. The van der Waals surface area contributed by atoms with E-state index in [1.807, 2.05) is 0 Å². The van der Waals surface area contributed by atoms with Crippen LogP contribution in [0.2, 0.25) is 0 Å². The van der Waals surface area contributed by atoms with E-state index in [2.05, 4.69) is 10.4 Å². The molecule has 0 atom stereocenters. The lowest BCUT2D eigenvalue weighted by molar-refractivity contribution is -0.121. The van der Waals surface area contributed by atoms with Gasteiger partial charge < -0.3 is 9.88 Å². The first-order valence-corrected chi connectivity index (χ1v) is 9.46. The molecule has 1 N–H and O–H groups in total. The Morgan fingerprint density at radius 1 is 0.968 bits per heavy atom. The third kappa shape index (κ3) is 4.50. The van der Waals surface area contributed by atoms with E-state index in [0.29, 0.717) is 16.8 Å². The van der Waals surface area contributed by atoms with Gasteiger partial charge in [-0.15, -0.1) is 0 Å². The predicted octanol–water partition coefficient (Wildman–Crippen LogP) is 3.29. The van der Waals surface area contributed by atoms with Crippen LogP contribution < -0.4 is 10.9 Å². The molecule has 0 bridgehead atoms. The van der Waals surface area contributed by atoms with Crippen molar-refractivity contribution in [3.05, 3.63) is 94.3 Å². The Labute approximate surface area is 174 Å². The molecule has 9 heteroatoms. The second-order valence-corrected chi connectivity index (χ2v) is 6.93. The molecule has 0 saturated carbocycles. The number of benzene rings is 2. The van der Waals surface area contributed by atoms with Gasteiger partial charge in [0.15, 0.2) is 0 Å². The summed E-state index contributed by atoms with van der Waals surface area (Å²) in [5, 5.41) is 6.88. The third-order valence-corrected chi connectivity index (χ3v) is 4.81. The van der Waals surface area contributed by atoms with Crippen LogP contribution in [0.15, 0.2) is 65.7 Å². The van der Waals surface area contributed by atoms with Crippen LogP contribution in [-0.2, 0) is 17.9 Å². The minimum absolute atomic E-state index is 0.00213. The molecule has 0 spiro atoms. The highest BCUT2D eigenvalue weighted by Gasteiger charge is 2.11. The van der Waals surface area contributed by atoms with Gasteiger partial charge >= 0.3 is 0 Å². The van der Waals surface area contributed by atoms with Gasteiger partial charge in [-0.1, -0.05) is 6.07 Å². The van der Waals surface area contributed by atoms with E-state index in [1.54, 1.807) is 24.4 Å². The van der Waals surface area contributed by atoms with Crippen LogP contribution in [0, 0.1) is 17.5 Å². The fraction of sp³-hybridized carbons (Fsp3) is 0.136. The molecule has 4 aromatic rings. The summed E-state index contributed by atoms with van der Waals surface area (Å²) in [6.45, 7) is 0.0344. The number of carbonyl (C=O) groups is 1. The van der Waals surface area contributed by atoms with E-state index in [9.17, 15) is 22.8 Å². The molecule has 0 aliphatic carbocycles. The number of nitrogens with one attached hydrogen (secondary N) is 1. The van der Waals surface area contributed by atoms with Crippen molar-refractivity contribution < 1.29 is 18.0 Å². The fourth-order valence-corrected chi connectivity index (χ4v) is 3.13. The first-order chi connectivity index (χ1) is 14.9. The maximum absolute atomic E-state index is 13.6. The highest BCUT2D eigenvalue weighted by atomic mass is 19.1. The number of carbonyl (C=O) groups excluding carboxylic acids is 1. The number of aromatic nitrogens is 3. The Morgan fingerprint density at radius 2 is 1.71 bits per heavy atom. The highest BCUT2D eigenvalue weighted by molar-refractivity contribution is 5.75. The number of hydrogen-bond donors (Lipinski definition) is 1. The third-order valence-electron chi connectivity index (χ3n) is 4.81. The molecule has 6 nitrogen and oxygen atoms in total. The quantitative estimate of drug-likeness (QED) is 0.515. The Hall–Kier alpha value is -3.88. The number of hydrogen-bond acceptors (Lipinski definition) is 3. The standard InChI is InChI=1S/C22H17F3N4O2/c23-16-4-1-14(2-5-16)19-12-20-22(31)28(9-10-29(20)27-19)8-7-21(30)26-13-15-3-6-17(24)11-18(15)25/h1-6,9-12H,7-8,13H2,(H,26,30). The van der Waals surface area contributed by atoms with Crippen molar-refractivity contribution in [3.8, 4) is 11.3 Å². The molecule has 1 amide bonds. The lowest BCUT2D eigenvalue weighted by Gasteiger charge is -2.08. The van der Waals surface area contributed by atoms with Crippen LogP contribution in [0.25, 0.3) is 16.8 Å². The minimum atomic E-state index is -0.736. The number of aryl methyl sites for hydroxylation is 1. The molecule has 158 valence electrons. The molecule has 0 aliphatic heterocycles. The second kappa shape index (κ2) is 8.47. The molecular weight excluding hydrogens is 409 g/mol. The van der Waals surface area contributed by atoms with Crippen molar-refractivity contribution in [2.45, 2.75) is 19.5 Å². The smallest absolute Gasteiger partial charge is 0.276 e. The number of nitrogens with zero attached hydrogens (tertiary/aromatic N) is 3. The highest BCUT2D eigenvalue weighted by Crippen LogP contribution is 2.18. The van der Waals surface area contributed by atoms with E-state index in [1.165, 1.54) is 33.5 Å². The first-order valence-electron chi connectivity index (χ1n) is 9.46. The van der Waals surface area contributed by atoms with Crippen LogP contribution >= 0.6 is 0 Å². The summed E-state index contributed by atoms with van der Waals surface area (Å²) >= 11 is 0. The van der Waals surface area contributed by atoms with Gasteiger partial charge in [-0.2, -0.15) is 5.10 Å². The summed E-state index contributed by atoms with van der Waals surface area (Å²) in [7, 11) is 0. The van der Waals surface area contributed by atoms with E-state index in [4.69, 9.17) is 0 Å². The van der Waals surface area contributed by atoms with Crippen molar-refractivity contribution >= 4 is 11.4 Å². The van der Waals surface area contributed by atoms with E-state index in [-0.39, 0.29) is 42.4 Å². The Balaban J connectivity index is 1.43. The molecular formula is C22H17F3N4O2. The summed E-state index contributed by atoms with van der Waals surface area (Å²) < 4.78 is 42.5. The summed E-state index contributed by atoms with van der Waals surface area (Å²) in [4.78, 5) is 24.8. The van der Waals surface area contributed by atoms with Crippen molar-refractivity contribution in [1.82, 2.24) is 19.5 Å². The van der Waals surface area contributed by atoms with Gasteiger partial charge in [0, 0.05) is 49.1 Å². The van der Waals surface area contributed by atoms with E-state index >= 15 is 0 Å². The van der Waals surface area contributed by atoms with Gasteiger partial charge in [-0.05, 0) is 36.4 Å². The van der Waals surface area contributed by atoms with Gasteiger partial charge in [-0.3, -0.25) is 9.59 Å². The molecule has 0 aliphatic rings. The zero-order valence-electron chi connectivity index (χ0n) is 16.2. The maximum Gasteiger partial charge on any atom is 0.276 e. The van der Waals surface area contributed by atoms with Crippen molar-refractivity contribution in [3.63, 3.8) is 0 Å². The molecule has 2 heterocycles. The largest absolute Gasteiger partial charge is 0.352 e. The lowest BCUT2D eigenvalue weighted by atomic mass is 10.1. The minimum Gasteiger partial charge on any atom is -0.352 e. The van der Waals surface area contributed by atoms with Crippen LogP contribution in [-0.4, -0.2) is 20.1 Å². The van der Waals surface area contributed by atoms with Gasteiger partial charge in [0.05, 0.1) is 5.69 Å². The summed E-state index contributed by atoms with van der Waals surface area (Å²) in [6, 6.07) is 10.5. The fourth-order valence-electron chi connectivity index (χ4n) is 3.13. The van der Waals surface area contributed by atoms with Crippen LogP contribution in [0.1, 0.15) is 12.0 Å². The molecule has 0 unspecified atom stereocenters. The van der Waals surface area contributed by atoms with Crippen molar-refractivity contribution in [2.75, 3.05) is 0 Å². The topological polar surface area (TPSA) is 68.4 Å². The molecule has 0 saturated heterocycles. The zero-order valence-corrected chi connectivity index (χ0v) is 16.2. The van der Waals surface area contributed by atoms with Crippen LogP contribution in [0.3, 0.4) is 0 Å². The molecule has 4 rings (SSSR count). The average molecular weight is 426 g/mol. The van der Waals surface area contributed by atoms with Crippen LogP contribution in [0.4, 0.5) is 13.2 Å². The molecule has 2 aromatic carbocycles. The normalized spacial score (nSPS) is 11.1. The van der Waals surface area contributed by atoms with E-state index in [0.717, 1.165) is 12.1 Å². The second-order valence-electron chi connectivity index (χ2n) is 6.93. The van der Waals surface area contributed by atoms with Crippen molar-refractivity contribution in [2.24, 2.45) is 0 Å². The Kier molecular flexibility index (Phi) is 5.57. The summed E-state index contributed by atoms with van der Waals surface area (Å²) in [5.41, 5.74) is 1.34. The Bertz CT molecular complexity index is 1310. The zero-order chi connectivity index (χ0) is 22.0.